The molecule has 1 aliphatic rings. The first-order valence-electron chi connectivity index (χ1n) is 6.14. The van der Waals surface area contributed by atoms with E-state index < -0.39 is 0 Å². The number of rotatable bonds is 2. The molecule has 1 saturated carbocycles. The predicted molar refractivity (Wildman–Crippen MR) is 76.8 cm³/mol. The molecular formula is C13H16BrClN2O. The number of nitrogens with zero attached hydrogens (tertiary/aromatic N) is 1. The summed E-state index contributed by atoms with van der Waals surface area (Å²) in [6, 6.07) is 1.78. The van der Waals surface area contributed by atoms with Crippen molar-refractivity contribution in [3.05, 3.63) is 21.9 Å². The van der Waals surface area contributed by atoms with E-state index in [1.807, 2.05) is 6.92 Å². The Bertz CT molecular complexity index is 458. The third kappa shape index (κ3) is 3.04. The zero-order valence-corrected chi connectivity index (χ0v) is 12.6. The van der Waals surface area contributed by atoms with Gasteiger partial charge in [0.05, 0.1) is 5.69 Å². The van der Waals surface area contributed by atoms with E-state index in [4.69, 9.17) is 11.6 Å². The van der Waals surface area contributed by atoms with Crippen LogP contribution in [0.15, 0.2) is 16.7 Å². The van der Waals surface area contributed by atoms with Gasteiger partial charge in [-0.2, -0.15) is 0 Å². The summed E-state index contributed by atoms with van der Waals surface area (Å²) in [7, 11) is 0. The van der Waals surface area contributed by atoms with Gasteiger partial charge in [-0.3, -0.25) is 4.79 Å². The molecule has 98 valence electrons. The molecule has 2 rings (SSSR count). The number of aromatic nitrogens is 1. The van der Waals surface area contributed by atoms with E-state index in [0.717, 1.165) is 30.2 Å². The Morgan fingerprint density at radius 2 is 2.11 bits per heavy atom. The van der Waals surface area contributed by atoms with E-state index in [2.05, 4.69) is 26.2 Å². The molecule has 0 spiro atoms. The van der Waals surface area contributed by atoms with Gasteiger partial charge in [-0.05, 0) is 34.8 Å². The number of hydrogen-bond donors (Lipinski definition) is 1. The van der Waals surface area contributed by atoms with Gasteiger partial charge >= 0.3 is 0 Å². The Kier molecular flexibility index (Phi) is 4.28. The minimum absolute atomic E-state index is 0.0454. The summed E-state index contributed by atoms with van der Waals surface area (Å²) in [5.74, 6) is 0.0454. The summed E-state index contributed by atoms with van der Waals surface area (Å²) in [4.78, 5) is 16.3. The second kappa shape index (κ2) is 5.57. The van der Waals surface area contributed by atoms with Crippen molar-refractivity contribution in [3.63, 3.8) is 0 Å². The standard InChI is InChI=1S/C13H16BrClN2O/c1-13(5-3-2-4-6-13)12(18)17-10-7-9(14)8-16-11(10)15/h7-8H,2-6H2,1H3,(H,17,18). The fourth-order valence-corrected chi connectivity index (χ4v) is 2.82. The van der Waals surface area contributed by atoms with Crippen LogP contribution in [0.2, 0.25) is 5.15 Å². The highest BCUT2D eigenvalue weighted by molar-refractivity contribution is 9.10. The molecule has 1 heterocycles. The molecule has 0 bridgehead atoms. The van der Waals surface area contributed by atoms with E-state index in [-0.39, 0.29) is 11.3 Å². The molecule has 0 unspecified atom stereocenters. The Balaban J connectivity index is 2.13. The molecule has 0 aliphatic heterocycles. The average Bonchev–Trinajstić information content (AvgIpc) is 2.35. The molecule has 1 aromatic heterocycles. The number of hydrogen-bond acceptors (Lipinski definition) is 2. The Morgan fingerprint density at radius 3 is 2.78 bits per heavy atom. The molecule has 1 aliphatic carbocycles. The molecule has 5 heteroatoms. The van der Waals surface area contributed by atoms with Gasteiger partial charge in [0.15, 0.2) is 5.15 Å². The Hall–Kier alpha value is -0.610. The zero-order valence-electron chi connectivity index (χ0n) is 10.3. The number of anilines is 1. The summed E-state index contributed by atoms with van der Waals surface area (Å²) in [5, 5.41) is 3.22. The van der Waals surface area contributed by atoms with E-state index in [9.17, 15) is 4.79 Å². The van der Waals surface area contributed by atoms with Crippen LogP contribution in [-0.2, 0) is 4.79 Å². The number of carbonyl (C=O) groups is 1. The lowest BCUT2D eigenvalue weighted by molar-refractivity contribution is -0.126. The van der Waals surface area contributed by atoms with Crippen LogP contribution in [0.3, 0.4) is 0 Å². The topological polar surface area (TPSA) is 42.0 Å². The highest BCUT2D eigenvalue weighted by Gasteiger charge is 2.34. The zero-order chi connectivity index (χ0) is 13.2. The molecule has 0 saturated heterocycles. The van der Waals surface area contributed by atoms with Crippen LogP contribution in [0.25, 0.3) is 0 Å². The summed E-state index contributed by atoms with van der Waals surface area (Å²) in [6.45, 7) is 2.03. The van der Waals surface area contributed by atoms with Crippen LogP contribution in [-0.4, -0.2) is 10.9 Å². The van der Waals surface area contributed by atoms with Crippen LogP contribution in [0.5, 0.6) is 0 Å². The molecule has 0 radical (unpaired) electrons. The van der Waals surface area contributed by atoms with Crippen molar-refractivity contribution in [3.8, 4) is 0 Å². The molecule has 3 nitrogen and oxygen atoms in total. The third-order valence-corrected chi connectivity index (χ3v) is 4.29. The number of halogens is 2. The van der Waals surface area contributed by atoms with Crippen molar-refractivity contribution in [2.24, 2.45) is 5.41 Å². The molecule has 1 N–H and O–H groups in total. The van der Waals surface area contributed by atoms with Gasteiger partial charge < -0.3 is 5.32 Å². The normalized spacial score (nSPS) is 18.4. The number of nitrogens with one attached hydrogen (secondary N) is 1. The maximum absolute atomic E-state index is 12.3. The van der Waals surface area contributed by atoms with Crippen molar-refractivity contribution in [2.45, 2.75) is 39.0 Å². The van der Waals surface area contributed by atoms with Crippen molar-refractivity contribution in [1.29, 1.82) is 0 Å². The van der Waals surface area contributed by atoms with Crippen molar-refractivity contribution in [2.75, 3.05) is 5.32 Å². The highest BCUT2D eigenvalue weighted by atomic mass is 79.9. The molecule has 1 fully saturated rings. The number of amides is 1. The first kappa shape index (κ1) is 13.8. The summed E-state index contributed by atoms with van der Waals surface area (Å²) >= 11 is 9.30. The first-order valence-corrected chi connectivity index (χ1v) is 7.31. The van der Waals surface area contributed by atoms with E-state index in [0.29, 0.717) is 10.8 Å². The van der Waals surface area contributed by atoms with Gasteiger partial charge in [0.25, 0.3) is 0 Å². The van der Waals surface area contributed by atoms with E-state index in [1.54, 1.807) is 12.3 Å². The fourth-order valence-electron chi connectivity index (χ4n) is 2.34. The van der Waals surface area contributed by atoms with Crippen LogP contribution in [0, 0.1) is 5.41 Å². The predicted octanol–water partition coefficient (Wildman–Crippen LogP) is 4.41. The van der Waals surface area contributed by atoms with E-state index in [1.165, 1.54) is 6.42 Å². The van der Waals surface area contributed by atoms with Crippen LogP contribution in [0.4, 0.5) is 5.69 Å². The molecule has 0 aromatic carbocycles. The molecule has 1 aromatic rings. The van der Waals surface area contributed by atoms with Gasteiger partial charge in [-0.1, -0.05) is 37.8 Å². The minimum atomic E-state index is -0.274. The smallest absolute Gasteiger partial charge is 0.230 e. The van der Waals surface area contributed by atoms with Gasteiger partial charge in [-0.15, -0.1) is 0 Å². The Labute approximate surface area is 120 Å². The third-order valence-electron chi connectivity index (χ3n) is 3.56. The summed E-state index contributed by atoms with van der Waals surface area (Å²) in [5.41, 5.74) is 0.298. The van der Waals surface area contributed by atoms with Crippen LogP contribution in [0.1, 0.15) is 39.0 Å². The lowest BCUT2D eigenvalue weighted by atomic mass is 9.75. The molecule has 18 heavy (non-hydrogen) atoms. The monoisotopic (exact) mass is 330 g/mol. The maximum Gasteiger partial charge on any atom is 0.230 e. The quantitative estimate of drug-likeness (QED) is 0.816. The molecular weight excluding hydrogens is 316 g/mol. The van der Waals surface area contributed by atoms with Gasteiger partial charge in [-0.25, -0.2) is 4.98 Å². The van der Waals surface area contributed by atoms with Gasteiger partial charge in [0, 0.05) is 16.1 Å². The maximum atomic E-state index is 12.3. The second-order valence-corrected chi connectivity index (χ2v) is 6.34. The minimum Gasteiger partial charge on any atom is -0.323 e. The van der Waals surface area contributed by atoms with Crippen molar-refractivity contribution in [1.82, 2.24) is 4.98 Å². The summed E-state index contributed by atoms with van der Waals surface area (Å²) in [6.07, 6.45) is 6.96. The first-order chi connectivity index (χ1) is 8.51. The van der Waals surface area contributed by atoms with E-state index >= 15 is 0 Å². The van der Waals surface area contributed by atoms with Crippen molar-refractivity contribution >= 4 is 39.1 Å². The average molecular weight is 332 g/mol. The van der Waals surface area contributed by atoms with Gasteiger partial charge in [0.1, 0.15) is 0 Å². The second-order valence-electron chi connectivity index (χ2n) is 5.07. The molecule has 1 amide bonds. The SMILES string of the molecule is CC1(C(=O)Nc2cc(Br)cnc2Cl)CCCCC1. The van der Waals surface area contributed by atoms with Crippen molar-refractivity contribution < 1.29 is 4.79 Å². The number of pyridine rings is 1. The number of carbonyl (C=O) groups excluding carboxylic acids is 1. The summed E-state index contributed by atoms with van der Waals surface area (Å²) < 4.78 is 0.802. The highest BCUT2D eigenvalue weighted by Crippen LogP contribution is 2.37. The lowest BCUT2D eigenvalue weighted by Gasteiger charge is -2.32. The fraction of sp³-hybridized carbons (Fsp3) is 0.538. The largest absolute Gasteiger partial charge is 0.323 e. The molecule has 0 atom stereocenters. The van der Waals surface area contributed by atoms with Crippen LogP contribution >= 0.6 is 27.5 Å². The van der Waals surface area contributed by atoms with Crippen LogP contribution < -0.4 is 5.32 Å². The van der Waals surface area contributed by atoms with Gasteiger partial charge in [0.2, 0.25) is 5.91 Å². The lowest BCUT2D eigenvalue weighted by Crippen LogP contribution is -2.35. The Morgan fingerprint density at radius 1 is 1.44 bits per heavy atom.